The van der Waals surface area contributed by atoms with Gasteiger partial charge in [0, 0.05) is 61.0 Å². The molecule has 4 aromatic heterocycles. The van der Waals surface area contributed by atoms with E-state index in [1.54, 1.807) is 11.3 Å². The summed E-state index contributed by atoms with van der Waals surface area (Å²) < 4.78 is 3.74. The van der Waals surface area contributed by atoms with Crippen molar-refractivity contribution in [1.82, 2.24) is 15.0 Å². The van der Waals surface area contributed by atoms with E-state index in [9.17, 15) is 0 Å². The highest BCUT2D eigenvalue weighted by atomic mass is 32.1. The van der Waals surface area contributed by atoms with Crippen molar-refractivity contribution in [3.8, 4) is 66.3 Å². The van der Waals surface area contributed by atoms with Crippen molar-refractivity contribution in [3.63, 3.8) is 0 Å². The topological polar surface area (TPSA) is 38.7 Å². The SMILES string of the molecule is c1ccc(-c2cccc(-c3cc(-c4cccc(-c5cccnc5)c4)c4nc(-c5ccc(-c6ccc7sc8ccccc8c7c6)nc5)sc4c3)c2)cc1. The third kappa shape index (κ3) is 5.57. The van der Waals surface area contributed by atoms with Crippen LogP contribution in [0, 0.1) is 0 Å². The van der Waals surface area contributed by atoms with Gasteiger partial charge in [-0.2, -0.15) is 0 Å². The fourth-order valence-electron chi connectivity index (χ4n) is 7.02. The number of nitrogens with zero attached hydrogens (tertiary/aromatic N) is 3. The summed E-state index contributed by atoms with van der Waals surface area (Å²) in [5, 5.41) is 3.52. The highest BCUT2D eigenvalue weighted by Gasteiger charge is 2.16. The van der Waals surface area contributed by atoms with E-state index in [2.05, 4.69) is 157 Å². The molecule has 0 aliphatic heterocycles. The minimum Gasteiger partial charge on any atom is -0.264 e. The molecule has 0 spiro atoms. The van der Waals surface area contributed by atoms with Gasteiger partial charge in [0.2, 0.25) is 0 Å². The van der Waals surface area contributed by atoms with Gasteiger partial charge in [-0.05, 0) is 94.0 Å². The lowest BCUT2D eigenvalue weighted by Gasteiger charge is -2.11. The van der Waals surface area contributed by atoms with E-state index >= 15 is 0 Å². The Hall–Kier alpha value is -6.27. The van der Waals surface area contributed by atoms with E-state index in [0.29, 0.717) is 0 Å². The van der Waals surface area contributed by atoms with E-state index < -0.39 is 0 Å². The number of fused-ring (bicyclic) bond motifs is 4. The zero-order valence-electron chi connectivity index (χ0n) is 27.9. The molecule has 0 aliphatic rings. The second-order valence-electron chi connectivity index (χ2n) is 12.9. The van der Waals surface area contributed by atoms with Crippen LogP contribution in [-0.2, 0) is 0 Å². The van der Waals surface area contributed by atoms with Crippen molar-refractivity contribution in [2.24, 2.45) is 0 Å². The van der Waals surface area contributed by atoms with Crippen LogP contribution in [-0.4, -0.2) is 15.0 Å². The summed E-state index contributed by atoms with van der Waals surface area (Å²) in [6, 6.07) is 56.3. The number of hydrogen-bond donors (Lipinski definition) is 0. The number of rotatable bonds is 6. The monoisotopic (exact) mass is 699 g/mol. The molecule has 5 heteroatoms. The largest absolute Gasteiger partial charge is 0.264 e. The molecule has 0 fully saturated rings. The number of benzene rings is 6. The lowest BCUT2D eigenvalue weighted by atomic mass is 9.94. The van der Waals surface area contributed by atoms with Crippen LogP contribution >= 0.6 is 22.7 Å². The zero-order valence-corrected chi connectivity index (χ0v) is 29.5. The third-order valence-electron chi connectivity index (χ3n) is 9.65. The van der Waals surface area contributed by atoms with Crippen LogP contribution in [0.15, 0.2) is 176 Å². The van der Waals surface area contributed by atoms with Crippen molar-refractivity contribution < 1.29 is 0 Å². The molecule has 4 heterocycles. The van der Waals surface area contributed by atoms with Gasteiger partial charge in [0.1, 0.15) is 5.01 Å². The average Bonchev–Trinajstić information content (AvgIpc) is 3.83. The molecule has 244 valence electrons. The fourth-order valence-corrected chi connectivity index (χ4v) is 9.13. The number of hydrogen-bond acceptors (Lipinski definition) is 5. The first-order chi connectivity index (χ1) is 25.7. The molecule has 10 aromatic rings. The van der Waals surface area contributed by atoms with Gasteiger partial charge < -0.3 is 0 Å². The third-order valence-corrected chi connectivity index (χ3v) is 11.9. The van der Waals surface area contributed by atoms with Gasteiger partial charge in [-0.3, -0.25) is 9.97 Å². The molecule has 3 nitrogen and oxygen atoms in total. The highest BCUT2D eigenvalue weighted by molar-refractivity contribution is 7.25. The maximum Gasteiger partial charge on any atom is 0.126 e. The molecule has 6 aromatic carbocycles. The van der Waals surface area contributed by atoms with E-state index in [-0.39, 0.29) is 0 Å². The maximum absolute atomic E-state index is 5.30. The summed E-state index contributed by atoms with van der Waals surface area (Å²) in [4.78, 5) is 14.6. The predicted octanol–water partition coefficient (Wildman–Crippen LogP) is 13.5. The molecule has 0 saturated heterocycles. The fraction of sp³-hybridized carbons (Fsp3) is 0. The summed E-state index contributed by atoms with van der Waals surface area (Å²) in [7, 11) is 0. The highest BCUT2D eigenvalue weighted by Crippen LogP contribution is 2.41. The molecular weight excluding hydrogens is 671 g/mol. The van der Waals surface area contributed by atoms with Crippen molar-refractivity contribution in [3.05, 3.63) is 176 Å². The Morgan fingerprint density at radius 3 is 1.92 bits per heavy atom. The molecular formula is C47H29N3S2. The van der Waals surface area contributed by atoms with Crippen LogP contribution in [0.3, 0.4) is 0 Å². The molecule has 0 atom stereocenters. The maximum atomic E-state index is 5.30. The van der Waals surface area contributed by atoms with Gasteiger partial charge in [-0.1, -0.05) is 97.1 Å². The van der Waals surface area contributed by atoms with Gasteiger partial charge in [0.05, 0.1) is 15.9 Å². The molecule has 0 amide bonds. The minimum atomic E-state index is 0.952. The first kappa shape index (κ1) is 30.5. The lowest BCUT2D eigenvalue weighted by Crippen LogP contribution is -1.87. The Kier molecular flexibility index (Phi) is 7.52. The summed E-state index contributed by atoms with van der Waals surface area (Å²) in [6.07, 6.45) is 5.69. The van der Waals surface area contributed by atoms with Crippen molar-refractivity contribution in [1.29, 1.82) is 0 Å². The van der Waals surface area contributed by atoms with E-state index in [4.69, 9.17) is 9.97 Å². The Morgan fingerprint density at radius 2 is 1.10 bits per heavy atom. The van der Waals surface area contributed by atoms with Crippen molar-refractivity contribution in [2.45, 2.75) is 0 Å². The zero-order chi connectivity index (χ0) is 34.4. The van der Waals surface area contributed by atoms with Gasteiger partial charge >= 0.3 is 0 Å². The van der Waals surface area contributed by atoms with Crippen molar-refractivity contribution in [2.75, 3.05) is 0 Å². The van der Waals surface area contributed by atoms with Gasteiger partial charge in [0.25, 0.3) is 0 Å². The van der Waals surface area contributed by atoms with Crippen LogP contribution in [0.4, 0.5) is 0 Å². The molecule has 0 unspecified atom stereocenters. The molecule has 52 heavy (non-hydrogen) atoms. The number of thiazole rings is 1. The summed E-state index contributed by atoms with van der Waals surface area (Å²) in [5.41, 5.74) is 13.2. The average molecular weight is 700 g/mol. The second kappa shape index (κ2) is 12.8. The summed E-state index contributed by atoms with van der Waals surface area (Å²) in [5.74, 6) is 0. The van der Waals surface area contributed by atoms with Crippen LogP contribution in [0.25, 0.3) is 96.7 Å². The smallest absolute Gasteiger partial charge is 0.126 e. The Morgan fingerprint density at radius 1 is 0.385 bits per heavy atom. The summed E-state index contributed by atoms with van der Waals surface area (Å²) in [6.45, 7) is 0. The lowest BCUT2D eigenvalue weighted by molar-refractivity contribution is 1.32. The normalized spacial score (nSPS) is 11.5. The van der Waals surface area contributed by atoms with Crippen LogP contribution in [0.2, 0.25) is 0 Å². The molecule has 10 rings (SSSR count). The Balaban J connectivity index is 1.08. The summed E-state index contributed by atoms with van der Waals surface area (Å²) >= 11 is 3.55. The quantitative estimate of drug-likeness (QED) is 0.173. The number of thiophene rings is 1. The first-order valence-electron chi connectivity index (χ1n) is 17.2. The van der Waals surface area contributed by atoms with E-state index in [1.165, 1.54) is 36.9 Å². The van der Waals surface area contributed by atoms with E-state index in [0.717, 1.165) is 59.9 Å². The van der Waals surface area contributed by atoms with Gasteiger partial charge in [-0.15, -0.1) is 22.7 Å². The Labute approximate surface area is 309 Å². The predicted molar refractivity (Wildman–Crippen MR) is 221 cm³/mol. The van der Waals surface area contributed by atoms with E-state index in [1.807, 2.05) is 36.0 Å². The molecule has 0 aliphatic carbocycles. The first-order valence-corrected chi connectivity index (χ1v) is 18.9. The molecule has 0 saturated carbocycles. The van der Waals surface area contributed by atoms with Crippen LogP contribution in [0.1, 0.15) is 0 Å². The second-order valence-corrected chi connectivity index (χ2v) is 15.0. The minimum absolute atomic E-state index is 0.952. The molecule has 0 bridgehead atoms. The number of aromatic nitrogens is 3. The van der Waals surface area contributed by atoms with Gasteiger partial charge in [-0.25, -0.2) is 4.98 Å². The molecule has 0 radical (unpaired) electrons. The van der Waals surface area contributed by atoms with Crippen molar-refractivity contribution >= 4 is 53.1 Å². The van der Waals surface area contributed by atoms with Crippen LogP contribution < -0.4 is 0 Å². The Bertz CT molecular complexity index is 2890. The van der Waals surface area contributed by atoms with Gasteiger partial charge in [0.15, 0.2) is 0 Å². The standard InChI is InChI=1S/C47H29N3S2/c1-2-9-30(10-3-1)31-11-6-13-33(23-31)38-26-40(34-14-7-12-32(24-34)36-15-8-22-48-28-36)46-45(27-38)52-47(50-46)37-18-20-42(49-29-37)35-19-21-44-41(25-35)39-16-4-5-17-43(39)51-44/h1-29H. The van der Waals surface area contributed by atoms with Crippen LogP contribution in [0.5, 0.6) is 0 Å². The number of pyridine rings is 2. The molecule has 0 N–H and O–H groups in total.